The van der Waals surface area contributed by atoms with Crippen LogP contribution in [-0.2, 0) is 14.8 Å². The number of carbonyl (C=O) groups is 1. The molecule has 0 unspecified atom stereocenters. The van der Waals surface area contributed by atoms with Crippen LogP contribution in [-0.4, -0.2) is 63.9 Å². The quantitative estimate of drug-likeness (QED) is 0.466. The molecule has 0 aliphatic heterocycles. The topological polar surface area (TPSA) is 134 Å². The molecule has 2 aromatic carbocycles. The van der Waals surface area contributed by atoms with Gasteiger partial charge in [-0.2, -0.15) is 13.2 Å². The summed E-state index contributed by atoms with van der Waals surface area (Å²) in [7, 11) is 3.17. The Balaban J connectivity index is 0.000000509. The number of carboxylic acid groups (broad SMARTS) is 1. The van der Waals surface area contributed by atoms with Gasteiger partial charge in [0.1, 0.15) is 17.9 Å². The number of nitrogens with zero attached hydrogens (tertiary/aromatic N) is 3. The lowest BCUT2D eigenvalue weighted by Crippen LogP contribution is -2.21. The third-order valence-corrected chi connectivity index (χ3v) is 5.78. The first kappa shape index (κ1) is 26.6. The van der Waals surface area contributed by atoms with Gasteiger partial charge < -0.3 is 20.1 Å². The number of aliphatic carboxylic acids is 1. The number of fused-ring (bicyclic) bond motifs is 1. The number of aromatic nitrogens is 2. The first-order chi connectivity index (χ1) is 15.8. The third-order valence-electron chi connectivity index (χ3n) is 4.37. The van der Waals surface area contributed by atoms with Crippen molar-refractivity contribution in [3.05, 3.63) is 42.7 Å². The maximum atomic E-state index is 12.2. The molecule has 0 fully saturated rings. The molecule has 3 rings (SSSR count). The van der Waals surface area contributed by atoms with Crippen molar-refractivity contribution in [1.82, 2.24) is 14.7 Å². The van der Waals surface area contributed by atoms with Crippen LogP contribution in [0.25, 0.3) is 10.9 Å². The molecule has 14 heteroatoms. The predicted octanol–water partition coefficient (Wildman–Crippen LogP) is 2.99. The number of alkyl halides is 3. The number of carboxylic acids is 1. The number of ether oxygens (including phenoxy) is 1. The number of sulfonamides is 1. The maximum Gasteiger partial charge on any atom is 0.490 e. The van der Waals surface area contributed by atoms with E-state index in [0.717, 1.165) is 16.6 Å². The van der Waals surface area contributed by atoms with Gasteiger partial charge in [-0.05, 0) is 43.4 Å². The van der Waals surface area contributed by atoms with Crippen LogP contribution < -0.4 is 19.7 Å². The minimum Gasteiger partial charge on any atom is -0.497 e. The Morgan fingerprint density at radius 1 is 1.12 bits per heavy atom. The van der Waals surface area contributed by atoms with Crippen LogP contribution in [0.3, 0.4) is 0 Å². The van der Waals surface area contributed by atoms with Crippen molar-refractivity contribution in [2.24, 2.45) is 0 Å². The number of anilines is 3. The number of hydrogen-bond donors (Lipinski definition) is 3. The number of hydrogen-bond acceptors (Lipinski definition) is 8. The van der Waals surface area contributed by atoms with Crippen LogP contribution in [0.2, 0.25) is 0 Å². The summed E-state index contributed by atoms with van der Waals surface area (Å²) in [4.78, 5) is 19.5. The second-order valence-electron chi connectivity index (χ2n) is 6.81. The van der Waals surface area contributed by atoms with E-state index < -0.39 is 22.2 Å². The Morgan fingerprint density at radius 2 is 1.76 bits per heavy atom. The van der Waals surface area contributed by atoms with Crippen molar-refractivity contribution < 1.29 is 36.2 Å². The standard InChI is InChI=1S/C18H21N5O3S.C2HF3O2/c1-19-27(24,25)13-6-8-17(23(2)3)16(10-13)22-18-14-9-12(26-4)5-7-15(14)20-11-21-18;3-2(4,5)1(6)7/h5-11,19H,1-4H3,(H,20,21,22);(H,6,7). The van der Waals surface area contributed by atoms with Gasteiger partial charge in [-0.1, -0.05) is 0 Å². The van der Waals surface area contributed by atoms with Gasteiger partial charge >= 0.3 is 12.1 Å². The number of rotatable bonds is 6. The summed E-state index contributed by atoms with van der Waals surface area (Å²) in [6, 6.07) is 10.4. The lowest BCUT2D eigenvalue weighted by molar-refractivity contribution is -0.192. The Hall–Kier alpha value is -3.65. The van der Waals surface area contributed by atoms with Gasteiger partial charge in [0.05, 0.1) is 28.9 Å². The molecule has 3 aromatic rings. The average Bonchev–Trinajstić information content (AvgIpc) is 2.78. The van der Waals surface area contributed by atoms with Crippen LogP contribution in [0.15, 0.2) is 47.6 Å². The second-order valence-corrected chi connectivity index (χ2v) is 8.70. The van der Waals surface area contributed by atoms with E-state index >= 15 is 0 Å². The molecule has 3 N–H and O–H groups in total. The van der Waals surface area contributed by atoms with Gasteiger partial charge in [0.15, 0.2) is 0 Å². The summed E-state index contributed by atoms with van der Waals surface area (Å²) in [5, 5.41) is 11.1. The second kappa shape index (κ2) is 10.5. The van der Waals surface area contributed by atoms with Crippen LogP contribution in [0.1, 0.15) is 0 Å². The minimum absolute atomic E-state index is 0.161. The van der Waals surface area contributed by atoms with Gasteiger partial charge in [0.25, 0.3) is 0 Å². The van der Waals surface area contributed by atoms with Crippen molar-refractivity contribution in [2.45, 2.75) is 11.1 Å². The van der Waals surface area contributed by atoms with E-state index in [2.05, 4.69) is 20.0 Å². The lowest BCUT2D eigenvalue weighted by atomic mass is 10.2. The third kappa shape index (κ3) is 6.45. The van der Waals surface area contributed by atoms with E-state index in [1.165, 1.54) is 13.4 Å². The summed E-state index contributed by atoms with van der Waals surface area (Å²) >= 11 is 0. The monoisotopic (exact) mass is 501 g/mol. The van der Waals surface area contributed by atoms with Crippen molar-refractivity contribution in [2.75, 3.05) is 38.5 Å². The molecule has 0 spiro atoms. The molecular formula is C20H22F3N5O5S. The Labute approximate surface area is 193 Å². The molecule has 0 aliphatic carbocycles. The molecule has 0 saturated heterocycles. The summed E-state index contributed by atoms with van der Waals surface area (Å²) in [5.41, 5.74) is 2.18. The molecule has 0 saturated carbocycles. The molecular weight excluding hydrogens is 479 g/mol. The molecule has 0 bridgehead atoms. The van der Waals surface area contributed by atoms with Crippen molar-refractivity contribution in [3.63, 3.8) is 0 Å². The van der Waals surface area contributed by atoms with Crippen molar-refractivity contribution in [1.29, 1.82) is 0 Å². The fourth-order valence-electron chi connectivity index (χ4n) is 2.68. The van der Waals surface area contributed by atoms with E-state index in [-0.39, 0.29) is 4.90 Å². The van der Waals surface area contributed by atoms with Crippen molar-refractivity contribution in [3.8, 4) is 5.75 Å². The van der Waals surface area contributed by atoms with Crippen LogP contribution in [0.5, 0.6) is 5.75 Å². The summed E-state index contributed by atoms with van der Waals surface area (Å²) < 4.78 is 63.7. The SMILES string of the molecule is CNS(=O)(=O)c1ccc(N(C)C)c(Nc2ncnc3ccc(OC)cc23)c1.O=C(O)C(F)(F)F. The first-order valence-electron chi connectivity index (χ1n) is 9.41. The molecule has 34 heavy (non-hydrogen) atoms. The molecule has 0 amide bonds. The van der Waals surface area contributed by atoms with Gasteiger partial charge in [-0.15, -0.1) is 0 Å². The molecule has 0 radical (unpaired) electrons. The average molecular weight is 501 g/mol. The number of benzene rings is 2. The molecule has 1 heterocycles. The van der Waals surface area contributed by atoms with E-state index in [0.29, 0.717) is 17.3 Å². The van der Waals surface area contributed by atoms with Crippen LogP contribution in [0, 0.1) is 0 Å². The van der Waals surface area contributed by atoms with Gasteiger partial charge in [-0.25, -0.2) is 27.9 Å². The minimum atomic E-state index is -5.08. The predicted molar refractivity (Wildman–Crippen MR) is 120 cm³/mol. The zero-order valence-electron chi connectivity index (χ0n) is 18.5. The maximum absolute atomic E-state index is 12.2. The van der Waals surface area contributed by atoms with Gasteiger partial charge in [0, 0.05) is 19.5 Å². The highest BCUT2D eigenvalue weighted by Gasteiger charge is 2.38. The normalized spacial score (nSPS) is 11.4. The van der Waals surface area contributed by atoms with E-state index in [4.69, 9.17) is 14.6 Å². The number of halogens is 3. The zero-order valence-corrected chi connectivity index (χ0v) is 19.3. The highest BCUT2D eigenvalue weighted by Crippen LogP contribution is 2.32. The lowest BCUT2D eigenvalue weighted by Gasteiger charge is -2.20. The largest absolute Gasteiger partial charge is 0.497 e. The fourth-order valence-corrected chi connectivity index (χ4v) is 3.44. The van der Waals surface area contributed by atoms with E-state index in [1.54, 1.807) is 25.3 Å². The van der Waals surface area contributed by atoms with E-state index in [1.807, 2.05) is 37.2 Å². The summed E-state index contributed by atoms with van der Waals surface area (Å²) in [6.07, 6.45) is -3.62. The Kier molecular flexibility index (Phi) is 8.23. The molecule has 1 aromatic heterocycles. The van der Waals surface area contributed by atoms with Gasteiger partial charge in [-0.3, -0.25) is 0 Å². The van der Waals surface area contributed by atoms with Crippen LogP contribution in [0.4, 0.5) is 30.4 Å². The van der Waals surface area contributed by atoms with E-state index in [9.17, 15) is 21.6 Å². The zero-order chi connectivity index (χ0) is 25.7. The summed E-state index contributed by atoms with van der Waals surface area (Å²) in [5.74, 6) is -1.52. The summed E-state index contributed by atoms with van der Waals surface area (Å²) in [6.45, 7) is 0. The highest BCUT2D eigenvalue weighted by molar-refractivity contribution is 7.89. The number of methoxy groups -OCH3 is 1. The Morgan fingerprint density at radius 3 is 2.29 bits per heavy atom. The Bertz CT molecular complexity index is 1280. The van der Waals surface area contributed by atoms with Gasteiger partial charge in [0.2, 0.25) is 10.0 Å². The molecule has 10 nitrogen and oxygen atoms in total. The molecule has 0 atom stereocenters. The fraction of sp³-hybridized carbons (Fsp3) is 0.250. The molecule has 184 valence electrons. The van der Waals surface area contributed by atoms with Crippen molar-refractivity contribution >= 4 is 44.1 Å². The highest BCUT2D eigenvalue weighted by atomic mass is 32.2. The first-order valence-corrected chi connectivity index (χ1v) is 10.9. The van der Waals surface area contributed by atoms with Crippen LogP contribution >= 0.6 is 0 Å². The smallest absolute Gasteiger partial charge is 0.490 e. The number of nitrogens with one attached hydrogen (secondary N) is 2. The molecule has 0 aliphatic rings.